The topological polar surface area (TPSA) is 61.4 Å². The molecule has 0 aliphatic carbocycles. The molecule has 3 N–H and O–H groups in total. The summed E-state index contributed by atoms with van der Waals surface area (Å²) in [6, 6.07) is 8.82. The van der Waals surface area contributed by atoms with E-state index in [1.165, 1.54) is 0 Å². The van der Waals surface area contributed by atoms with Crippen LogP contribution in [0.15, 0.2) is 30.3 Å². The second-order valence-electron chi connectivity index (χ2n) is 3.67. The van der Waals surface area contributed by atoms with Gasteiger partial charge in [-0.1, -0.05) is 18.2 Å². The number of aliphatic hydroxyl groups is 1. The lowest BCUT2D eigenvalue weighted by atomic mass is 10.1. The van der Waals surface area contributed by atoms with Crippen LogP contribution in [0.1, 0.15) is 10.4 Å². The number of hydrogen-bond acceptors (Lipinski definition) is 3. The first-order valence-electron chi connectivity index (χ1n) is 5.02. The minimum Gasteiger partial charge on any atom is -0.390 e. The van der Waals surface area contributed by atoms with Crippen molar-refractivity contribution in [1.29, 1.82) is 0 Å². The van der Waals surface area contributed by atoms with E-state index in [-0.39, 0.29) is 11.9 Å². The van der Waals surface area contributed by atoms with Crippen molar-refractivity contribution in [3.8, 4) is 0 Å². The number of nitrogens with one attached hydrogen (secondary N) is 2. The van der Waals surface area contributed by atoms with E-state index in [2.05, 4.69) is 10.6 Å². The summed E-state index contributed by atoms with van der Waals surface area (Å²) in [6.07, 6.45) is -0.488. The van der Waals surface area contributed by atoms with Gasteiger partial charge in [-0.15, -0.1) is 0 Å². The molecule has 1 amide bonds. The molecule has 1 heterocycles. The van der Waals surface area contributed by atoms with Crippen LogP contribution in [0, 0.1) is 0 Å². The Balaban J connectivity index is 1.98. The van der Waals surface area contributed by atoms with Crippen LogP contribution in [-0.4, -0.2) is 36.2 Å². The van der Waals surface area contributed by atoms with Crippen LogP contribution in [0.4, 0.5) is 0 Å². The summed E-state index contributed by atoms with van der Waals surface area (Å²) in [4.78, 5) is 11.7. The third-order valence-electron chi connectivity index (χ3n) is 2.53. The van der Waals surface area contributed by atoms with E-state index in [1.807, 2.05) is 18.2 Å². The monoisotopic (exact) mass is 206 g/mol. The van der Waals surface area contributed by atoms with E-state index in [4.69, 9.17) is 0 Å². The van der Waals surface area contributed by atoms with Gasteiger partial charge in [-0.2, -0.15) is 0 Å². The third-order valence-corrected chi connectivity index (χ3v) is 2.53. The molecule has 0 radical (unpaired) electrons. The third kappa shape index (κ3) is 2.34. The lowest BCUT2D eigenvalue weighted by Gasteiger charge is -2.15. The van der Waals surface area contributed by atoms with Gasteiger partial charge >= 0.3 is 0 Å². The molecule has 1 aromatic rings. The van der Waals surface area contributed by atoms with Gasteiger partial charge in [0.2, 0.25) is 0 Å². The van der Waals surface area contributed by atoms with Gasteiger partial charge < -0.3 is 15.7 Å². The highest BCUT2D eigenvalue weighted by Gasteiger charge is 2.26. The number of carbonyl (C=O) groups excluding carboxylic acids is 1. The normalized spacial score (nSPS) is 25.1. The minimum atomic E-state index is -0.488. The van der Waals surface area contributed by atoms with E-state index in [9.17, 15) is 9.90 Å². The first-order chi connectivity index (χ1) is 7.27. The molecule has 4 heteroatoms. The molecule has 2 unspecified atom stereocenters. The molecule has 1 aliphatic rings. The van der Waals surface area contributed by atoms with Gasteiger partial charge in [0.1, 0.15) is 0 Å². The molecule has 1 aromatic carbocycles. The number of rotatable bonds is 2. The molecule has 15 heavy (non-hydrogen) atoms. The molecule has 2 rings (SSSR count). The highest BCUT2D eigenvalue weighted by atomic mass is 16.3. The Hall–Kier alpha value is -1.39. The molecule has 0 spiro atoms. The smallest absolute Gasteiger partial charge is 0.251 e. The lowest BCUT2D eigenvalue weighted by Crippen LogP contribution is -2.42. The van der Waals surface area contributed by atoms with Crippen molar-refractivity contribution in [2.24, 2.45) is 0 Å². The predicted molar refractivity (Wildman–Crippen MR) is 56.6 cm³/mol. The van der Waals surface area contributed by atoms with E-state index in [0.29, 0.717) is 18.7 Å². The number of aliphatic hydroxyl groups excluding tert-OH is 1. The van der Waals surface area contributed by atoms with E-state index in [1.54, 1.807) is 12.1 Å². The van der Waals surface area contributed by atoms with Crippen LogP contribution in [0.25, 0.3) is 0 Å². The average molecular weight is 206 g/mol. The Morgan fingerprint density at radius 2 is 2.07 bits per heavy atom. The summed E-state index contributed by atoms with van der Waals surface area (Å²) in [7, 11) is 0. The van der Waals surface area contributed by atoms with E-state index < -0.39 is 6.10 Å². The molecule has 1 fully saturated rings. The van der Waals surface area contributed by atoms with Gasteiger partial charge in [0, 0.05) is 18.7 Å². The van der Waals surface area contributed by atoms with Gasteiger partial charge in [-0.3, -0.25) is 4.79 Å². The van der Waals surface area contributed by atoms with Gasteiger partial charge in [0.15, 0.2) is 0 Å². The van der Waals surface area contributed by atoms with E-state index in [0.717, 1.165) is 0 Å². The molecule has 2 atom stereocenters. The molecular weight excluding hydrogens is 192 g/mol. The molecule has 4 nitrogen and oxygen atoms in total. The summed E-state index contributed by atoms with van der Waals surface area (Å²) in [5.41, 5.74) is 0.622. The molecule has 0 aromatic heterocycles. The van der Waals surface area contributed by atoms with Gasteiger partial charge in [0.25, 0.3) is 5.91 Å². The summed E-state index contributed by atoms with van der Waals surface area (Å²) in [5, 5.41) is 15.3. The van der Waals surface area contributed by atoms with Crippen LogP contribution in [0.5, 0.6) is 0 Å². The molecular formula is C11H14N2O2. The van der Waals surface area contributed by atoms with Crippen LogP contribution in [0.2, 0.25) is 0 Å². The first-order valence-corrected chi connectivity index (χ1v) is 5.02. The second kappa shape index (κ2) is 4.42. The zero-order chi connectivity index (χ0) is 10.7. The summed E-state index contributed by atoms with van der Waals surface area (Å²) < 4.78 is 0. The highest BCUT2D eigenvalue weighted by molar-refractivity contribution is 5.94. The van der Waals surface area contributed by atoms with Crippen LogP contribution in [0.3, 0.4) is 0 Å². The zero-order valence-electron chi connectivity index (χ0n) is 8.31. The Morgan fingerprint density at radius 3 is 2.67 bits per heavy atom. The summed E-state index contributed by atoms with van der Waals surface area (Å²) in [6.45, 7) is 1.17. The summed E-state index contributed by atoms with van der Waals surface area (Å²) in [5.74, 6) is -0.136. The number of benzene rings is 1. The van der Waals surface area contributed by atoms with Crippen molar-refractivity contribution in [2.75, 3.05) is 13.1 Å². The molecule has 1 saturated heterocycles. The fourth-order valence-electron chi connectivity index (χ4n) is 1.65. The molecule has 0 saturated carbocycles. The molecule has 0 bridgehead atoms. The number of hydrogen-bond donors (Lipinski definition) is 3. The van der Waals surface area contributed by atoms with E-state index >= 15 is 0 Å². The number of amides is 1. The second-order valence-corrected chi connectivity index (χ2v) is 3.67. The van der Waals surface area contributed by atoms with Crippen molar-refractivity contribution in [2.45, 2.75) is 12.1 Å². The Morgan fingerprint density at radius 1 is 1.33 bits per heavy atom. The largest absolute Gasteiger partial charge is 0.390 e. The fourth-order valence-corrected chi connectivity index (χ4v) is 1.65. The fraction of sp³-hybridized carbons (Fsp3) is 0.364. The highest BCUT2D eigenvalue weighted by Crippen LogP contribution is 2.03. The van der Waals surface area contributed by atoms with Crippen molar-refractivity contribution in [3.05, 3.63) is 35.9 Å². The predicted octanol–water partition coefficient (Wildman–Crippen LogP) is -0.251. The maximum atomic E-state index is 11.7. The lowest BCUT2D eigenvalue weighted by molar-refractivity contribution is 0.0888. The average Bonchev–Trinajstić information content (AvgIpc) is 2.66. The number of carbonyl (C=O) groups is 1. The van der Waals surface area contributed by atoms with Crippen LogP contribution in [-0.2, 0) is 0 Å². The Kier molecular flexibility index (Phi) is 2.99. The Labute approximate surface area is 88.3 Å². The Bertz CT molecular complexity index is 340. The molecule has 80 valence electrons. The SMILES string of the molecule is O=C(NC1CNCC1O)c1ccccc1. The summed E-state index contributed by atoms with van der Waals surface area (Å²) >= 11 is 0. The van der Waals surface area contributed by atoms with Crippen molar-refractivity contribution < 1.29 is 9.90 Å². The van der Waals surface area contributed by atoms with Gasteiger partial charge in [-0.25, -0.2) is 0 Å². The van der Waals surface area contributed by atoms with Crippen molar-refractivity contribution >= 4 is 5.91 Å². The standard InChI is InChI=1S/C11H14N2O2/c14-10-7-12-6-9(10)13-11(15)8-4-2-1-3-5-8/h1-5,9-10,12,14H,6-7H2,(H,13,15). The maximum Gasteiger partial charge on any atom is 0.251 e. The first kappa shape index (κ1) is 10.1. The van der Waals surface area contributed by atoms with Crippen molar-refractivity contribution in [3.63, 3.8) is 0 Å². The van der Waals surface area contributed by atoms with Crippen molar-refractivity contribution in [1.82, 2.24) is 10.6 Å². The van der Waals surface area contributed by atoms with Crippen LogP contribution >= 0.6 is 0 Å². The number of β-amino-alcohol motifs (C(OH)–C–C–N with tert-alkyl or cyclic N) is 1. The zero-order valence-corrected chi connectivity index (χ0v) is 8.31. The van der Waals surface area contributed by atoms with Crippen LogP contribution < -0.4 is 10.6 Å². The quantitative estimate of drug-likeness (QED) is 0.625. The van der Waals surface area contributed by atoms with Gasteiger partial charge in [-0.05, 0) is 12.1 Å². The maximum absolute atomic E-state index is 11.7. The van der Waals surface area contributed by atoms with Gasteiger partial charge in [0.05, 0.1) is 12.1 Å². The molecule has 1 aliphatic heterocycles. The minimum absolute atomic E-state index is 0.136.